The number of nitrogens with zero attached hydrogens (tertiary/aromatic N) is 2. The van der Waals surface area contributed by atoms with Crippen LogP contribution < -0.4 is 10.1 Å². The van der Waals surface area contributed by atoms with E-state index in [0.29, 0.717) is 19.8 Å². The summed E-state index contributed by atoms with van der Waals surface area (Å²) >= 11 is 0. The Labute approximate surface area is 133 Å². The van der Waals surface area contributed by atoms with Crippen LogP contribution in [0.3, 0.4) is 0 Å². The van der Waals surface area contributed by atoms with Crippen LogP contribution in [0.15, 0.2) is 30.7 Å². The number of rotatable bonds is 5. The van der Waals surface area contributed by atoms with Gasteiger partial charge in [-0.15, -0.1) is 0 Å². The van der Waals surface area contributed by atoms with Gasteiger partial charge in [0, 0.05) is 31.0 Å². The minimum atomic E-state index is -1.00. The summed E-state index contributed by atoms with van der Waals surface area (Å²) in [6.45, 7) is 1.64. The number of carboxylic acid groups (broad SMARTS) is 1. The first kappa shape index (κ1) is 14.3. The van der Waals surface area contributed by atoms with Gasteiger partial charge in [0.1, 0.15) is 11.4 Å². The summed E-state index contributed by atoms with van der Waals surface area (Å²) in [4.78, 5) is 14.9. The zero-order chi connectivity index (χ0) is 15.9. The van der Waals surface area contributed by atoms with E-state index >= 15 is 0 Å². The van der Waals surface area contributed by atoms with Crippen LogP contribution in [0.1, 0.15) is 19.3 Å². The van der Waals surface area contributed by atoms with E-state index in [1.54, 1.807) is 6.20 Å². The average molecular weight is 317 g/mol. The fourth-order valence-electron chi connectivity index (χ4n) is 3.89. The van der Waals surface area contributed by atoms with Crippen molar-refractivity contribution in [3.05, 3.63) is 30.7 Å². The van der Waals surface area contributed by atoms with Gasteiger partial charge in [-0.2, -0.15) is 0 Å². The van der Waals surface area contributed by atoms with Crippen molar-refractivity contribution in [2.45, 2.75) is 24.9 Å². The third-order valence-corrected chi connectivity index (χ3v) is 4.90. The molecule has 2 saturated heterocycles. The highest BCUT2D eigenvalue weighted by molar-refractivity contribution is 5.64. The maximum atomic E-state index is 10.7. The van der Waals surface area contributed by atoms with Gasteiger partial charge in [0.15, 0.2) is 0 Å². The predicted octanol–water partition coefficient (Wildman–Crippen LogP) is 1.92. The normalized spacial score (nSPS) is 29.0. The molecular formula is C16H19N3O4. The summed E-state index contributed by atoms with van der Waals surface area (Å²) in [6, 6.07) is 3.86. The number of fused-ring (bicyclic) bond motifs is 3. The van der Waals surface area contributed by atoms with Crippen molar-refractivity contribution < 1.29 is 19.4 Å². The molecule has 7 nitrogen and oxygen atoms in total. The minimum absolute atomic E-state index is 0.0995. The number of hydrogen-bond donors (Lipinski definition) is 2. The second kappa shape index (κ2) is 5.13. The second-order valence-corrected chi connectivity index (χ2v) is 6.64. The Hall–Kier alpha value is -2.28. The van der Waals surface area contributed by atoms with E-state index in [0.717, 1.165) is 30.7 Å². The Morgan fingerprint density at radius 3 is 3.17 bits per heavy atom. The SMILES string of the molecule is O=C(O)NCC12CC(COc3ccc4nccn4c3)(CCO1)C2. The van der Waals surface area contributed by atoms with Gasteiger partial charge in [0.2, 0.25) is 0 Å². The highest BCUT2D eigenvalue weighted by Gasteiger charge is 2.59. The summed E-state index contributed by atoms with van der Waals surface area (Å²) in [5.41, 5.74) is 0.653. The molecule has 4 heterocycles. The van der Waals surface area contributed by atoms with Gasteiger partial charge in [-0.25, -0.2) is 9.78 Å². The molecule has 2 aliphatic heterocycles. The number of imidazole rings is 1. The number of hydrogen-bond acceptors (Lipinski definition) is 4. The van der Waals surface area contributed by atoms with Crippen LogP contribution in [0.2, 0.25) is 0 Å². The maximum absolute atomic E-state index is 10.7. The van der Waals surface area contributed by atoms with Crippen LogP contribution in [0.5, 0.6) is 5.75 Å². The van der Waals surface area contributed by atoms with Crippen molar-refractivity contribution in [3.63, 3.8) is 0 Å². The Kier molecular flexibility index (Phi) is 3.19. The van der Waals surface area contributed by atoms with Crippen LogP contribution in [-0.2, 0) is 4.74 Å². The molecule has 0 radical (unpaired) electrons. The van der Waals surface area contributed by atoms with E-state index in [9.17, 15) is 4.79 Å². The van der Waals surface area contributed by atoms with Gasteiger partial charge in [-0.05, 0) is 31.4 Å². The number of carbonyl (C=O) groups is 1. The molecule has 23 heavy (non-hydrogen) atoms. The van der Waals surface area contributed by atoms with Crippen molar-refractivity contribution in [1.29, 1.82) is 0 Å². The van der Waals surface area contributed by atoms with E-state index in [-0.39, 0.29) is 11.0 Å². The predicted molar refractivity (Wildman–Crippen MR) is 81.7 cm³/mol. The fourth-order valence-corrected chi connectivity index (χ4v) is 3.89. The summed E-state index contributed by atoms with van der Waals surface area (Å²) in [5.74, 6) is 0.817. The molecule has 3 aliphatic rings. The molecule has 5 rings (SSSR count). The minimum Gasteiger partial charge on any atom is -0.491 e. The second-order valence-electron chi connectivity index (χ2n) is 6.64. The molecule has 7 heteroatoms. The van der Waals surface area contributed by atoms with Crippen molar-refractivity contribution in [1.82, 2.24) is 14.7 Å². The van der Waals surface area contributed by atoms with Crippen LogP contribution in [0.4, 0.5) is 4.79 Å². The van der Waals surface area contributed by atoms with E-state index in [4.69, 9.17) is 14.6 Å². The molecule has 0 aromatic carbocycles. The zero-order valence-corrected chi connectivity index (χ0v) is 12.7. The molecule has 2 bridgehead atoms. The standard InChI is InChI=1S/C16H19N3O4/c20-14(21)18-10-16-8-15(9-16,3-6-23-16)11-22-12-1-2-13-17-4-5-19(13)7-12/h1-2,4-5,7,18H,3,6,8-11H2,(H,20,21). The molecular weight excluding hydrogens is 298 g/mol. The fraction of sp³-hybridized carbons (Fsp3) is 0.500. The smallest absolute Gasteiger partial charge is 0.404 e. The molecule has 0 spiro atoms. The molecule has 3 fully saturated rings. The summed E-state index contributed by atoms with van der Waals surface area (Å²) in [5, 5.41) is 11.2. The largest absolute Gasteiger partial charge is 0.491 e. The zero-order valence-electron chi connectivity index (χ0n) is 12.7. The number of ether oxygens (including phenoxy) is 2. The summed E-state index contributed by atoms with van der Waals surface area (Å²) < 4.78 is 13.7. The van der Waals surface area contributed by atoms with Gasteiger partial charge < -0.3 is 24.3 Å². The molecule has 0 atom stereocenters. The Balaban J connectivity index is 1.38. The topological polar surface area (TPSA) is 85.1 Å². The molecule has 2 aromatic rings. The lowest BCUT2D eigenvalue weighted by Crippen LogP contribution is -2.64. The lowest BCUT2D eigenvalue weighted by Gasteiger charge is -2.59. The molecule has 1 saturated carbocycles. The monoisotopic (exact) mass is 317 g/mol. The first-order valence-corrected chi connectivity index (χ1v) is 7.75. The van der Waals surface area contributed by atoms with Gasteiger partial charge in [0.25, 0.3) is 0 Å². The number of amides is 1. The Morgan fingerprint density at radius 1 is 1.48 bits per heavy atom. The quantitative estimate of drug-likeness (QED) is 0.880. The third-order valence-electron chi connectivity index (χ3n) is 4.90. The van der Waals surface area contributed by atoms with Crippen LogP contribution in [0, 0.1) is 5.41 Å². The van der Waals surface area contributed by atoms with Crippen molar-refractivity contribution in [3.8, 4) is 5.75 Å². The highest BCUT2D eigenvalue weighted by atomic mass is 16.5. The van der Waals surface area contributed by atoms with E-state index in [1.807, 2.05) is 28.9 Å². The van der Waals surface area contributed by atoms with Crippen LogP contribution >= 0.6 is 0 Å². The highest BCUT2D eigenvalue weighted by Crippen LogP contribution is 2.56. The summed E-state index contributed by atoms with van der Waals surface area (Å²) in [7, 11) is 0. The average Bonchev–Trinajstić information content (AvgIpc) is 2.98. The van der Waals surface area contributed by atoms with Gasteiger partial charge in [0.05, 0.1) is 18.4 Å². The van der Waals surface area contributed by atoms with E-state index in [1.165, 1.54) is 0 Å². The number of pyridine rings is 1. The van der Waals surface area contributed by atoms with Crippen LogP contribution in [0.25, 0.3) is 5.65 Å². The molecule has 2 aromatic heterocycles. The lowest BCUT2D eigenvalue weighted by atomic mass is 9.56. The molecule has 2 N–H and O–H groups in total. The molecule has 1 amide bonds. The third kappa shape index (κ3) is 2.61. The van der Waals surface area contributed by atoms with Gasteiger partial charge in [-0.3, -0.25) is 0 Å². The van der Waals surface area contributed by atoms with Gasteiger partial charge >= 0.3 is 6.09 Å². The van der Waals surface area contributed by atoms with Crippen LogP contribution in [-0.4, -0.2) is 45.9 Å². The van der Waals surface area contributed by atoms with Crippen molar-refractivity contribution in [2.24, 2.45) is 5.41 Å². The maximum Gasteiger partial charge on any atom is 0.404 e. The summed E-state index contributed by atoms with van der Waals surface area (Å²) in [6.07, 6.45) is 7.20. The first-order chi connectivity index (χ1) is 11.1. The van der Waals surface area contributed by atoms with E-state index in [2.05, 4.69) is 10.3 Å². The van der Waals surface area contributed by atoms with E-state index < -0.39 is 6.09 Å². The number of aromatic nitrogens is 2. The Morgan fingerprint density at radius 2 is 2.35 bits per heavy atom. The van der Waals surface area contributed by atoms with Crippen molar-refractivity contribution in [2.75, 3.05) is 19.8 Å². The van der Waals surface area contributed by atoms with Gasteiger partial charge in [-0.1, -0.05) is 0 Å². The first-order valence-electron chi connectivity index (χ1n) is 7.75. The lowest BCUT2D eigenvalue weighted by molar-refractivity contribution is -0.229. The van der Waals surface area contributed by atoms with Crippen molar-refractivity contribution >= 4 is 11.7 Å². The molecule has 1 aliphatic carbocycles. The Bertz CT molecular complexity index is 736. The number of nitrogens with one attached hydrogen (secondary N) is 1. The molecule has 122 valence electrons. The molecule has 0 unspecified atom stereocenters.